The Bertz CT molecular complexity index is 546. The number of hydrogen-bond donors (Lipinski definition) is 3. The third-order valence-electron chi connectivity index (χ3n) is 2.80. The van der Waals surface area contributed by atoms with Crippen LogP contribution in [0.5, 0.6) is 0 Å². The van der Waals surface area contributed by atoms with E-state index in [4.69, 9.17) is 0 Å². The summed E-state index contributed by atoms with van der Waals surface area (Å²) in [5.41, 5.74) is 2.76. The Kier molecular flexibility index (Phi) is 3.91. The standard InChI is InChI=1S/C12H17N3OS/c1-8(13-5-6-17-2)9-3-4-10-11(7-9)15-12(16)14-10/h3-4,7-8,13H,5-6H2,1-2H3,(H2,14,15,16). The summed E-state index contributed by atoms with van der Waals surface area (Å²) in [6.07, 6.45) is 2.10. The van der Waals surface area contributed by atoms with E-state index in [2.05, 4.69) is 28.5 Å². The average molecular weight is 251 g/mol. The van der Waals surface area contributed by atoms with Gasteiger partial charge in [-0.2, -0.15) is 11.8 Å². The van der Waals surface area contributed by atoms with Crippen LogP contribution >= 0.6 is 11.8 Å². The number of benzene rings is 1. The highest BCUT2D eigenvalue weighted by atomic mass is 32.2. The average Bonchev–Trinajstić information content (AvgIpc) is 2.68. The molecule has 3 N–H and O–H groups in total. The molecule has 0 saturated carbocycles. The zero-order valence-corrected chi connectivity index (χ0v) is 10.9. The Morgan fingerprint density at radius 1 is 1.35 bits per heavy atom. The number of H-pyrrole nitrogens is 2. The second-order valence-corrected chi connectivity index (χ2v) is 5.04. The van der Waals surface area contributed by atoms with Gasteiger partial charge in [0.1, 0.15) is 0 Å². The van der Waals surface area contributed by atoms with Crippen LogP contribution in [0.3, 0.4) is 0 Å². The lowest BCUT2D eigenvalue weighted by atomic mass is 10.1. The summed E-state index contributed by atoms with van der Waals surface area (Å²) in [5.74, 6) is 1.10. The SMILES string of the molecule is CSCCNC(C)c1ccc2[nH]c(=O)[nH]c2c1. The molecule has 0 spiro atoms. The Balaban J connectivity index is 2.14. The number of hydrogen-bond acceptors (Lipinski definition) is 3. The van der Waals surface area contributed by atoms with Crippen molar-refractivity contribution in [1.82, 2.24) is 15.3 Å². The Morgan fingerprint density at radius 2 is 2.12 bits per heavy atom. The van der Waals surface area contributed by atoms with Crippen LogP contribution in [0.1, 0.15) is 18.5 Å². The minimum Gasteiger partial charge on any atom is -0.309 e. The lowest BCUT2D eigenvalue weighted by Gasteiger charge is -2.13. The molecule has 0 bridgehead atoms. The van der Waals surface area contributed by atoms with Crippen molar-refractivity contribution in [3.8, 4) is 0 Å². The van der Waals surface area contributed by atoms with E-state index in [-0.39, 0.29) is 5.69 Å². The minimum absolute atomic E-state index is 0.153. The number of thioether (sulfide) groups is 1. The van der Waals surface area contributed by atoms with Crippen LogP contribution in [-0.4, -0.2) is 28.5 Å². The molecule has 1 atom stereocenters. The van der Waals surface area contributed by atoms with E-state index >= 15 is 0 Å². The predicted molar refractivity (Wildman–Crippen MR) is 73.7 cm³/mol. The molecule has 17 heavy (non-hydrogen) atoms. The Labute approximate surface area is 104 Å². The van der Waals surface area contributed by atoms with Gasteiger partial charge in [0.15, 0.2) is 0 Å². The molecule has 1 aromatic carbocycles. The highest BCUT2D eigenvalue weighted by Crippen LogP contribution is 2.16. The summed E-state index contributed by atoms with van der Waals surface area (Å²) in [6.45, 7) is 3.12. The van der Waals surface area contributed by atoms with Gasteiger partial charge in [0.05, 0.1) is 11.0 Å². The highest BCUT2D eigenvalue weighted by Gasteiger charge is 2.06. The molecule has 92 valence electrons. The van der Waals surface area contributed by atoms with Crippen LogP contribution in [0, 0.1) is 0 Å². The molecule has 1 aromatic heterocycles. The number of rotatable bonds is 5. The van der Waals surface area contributed by atoms with Crippen LogP contribution in [-0.2, 0) is 0 Å². The van der Waals surface area contributed by atoms with Gasteiger partial charge in [-0.15, -0.1) is 0 Å². The van der Waals surface area contributed by atoms with Crippen molar-refractivity contribution in [3.63, 3.8) is 0 Å². The zero-order valence-electron chi connectivity index (χ0n) is 10.0. The summed E-state index contributed by atoms with van der Waals surface area (Å²) in [6, 6.07) is 6.30. The second-order valence-electron chi connectivity index (χ2n) is 4.05. The summed E-state index contributed by atoms with van der Waals surface area (Å²) in [5, 5.41) is 3.45. The summed E-state index contributed by atoms with van der Waals surface area (Å²) < 4.78 is 0. The van der Waals surface area contributed by atoms with E-state index < -0.39 is 0 Å². The largest absolute Gasteiger partial charge is 0.323 e. The molecule has 0 aliphatic heterocycles. The van der Waals surface area contributed by atoms with Gasteiger partial charge >= 0.3 is 5.69 Å². The van der Waals surface area contributed by atoms with Crippen molar-refractivity contribution in [2.24, 2.45) is 0 Å². The number of imidazole rings is 1. The smallest absolute Gasteiger partial charge is 0.309 e. The zero-order chi connectivity index (χ0) is 12.3. The molecule has 0 aliphatic rings. The van der Waals surface area contributed by atoms with Gasteiger partial charge in [-0.25, -0.2) is 4.79 Å². The lowest BCUT2D eigenvalue weighted by molar-refractivity contribution is 0.602. The maximum atomic E-state index is 11.2. The van der Waals surface area contributed by atoms with Crippen molar-refractivity contribution in [2.75, 3.05) is 18.6 Å². The van der Waals surface area contributed by atoms with Crippen LogP contribution < -0.4 is 11.0 Å². The number of fused-ring (bicyclic) bond motifs is 1. The first kappa shape index (κ1) is 12.3. The quantitative estimate of drug-likeness (QED) is 0.711. The predicted octanol–water partition coefficient (Wildman–Crippen LogP) is 1.87. The molecule has 1 heterocycles. The van der Waals surface area contributed by atoms with Crippen LogP contribution in [0.15, 0.2) is 23.0 Å². The molecular formula is C12H17N3OS. The molecule has 4 nitrogen and oxygen atoms in total. The minimum atomic E-state index is -0.153. The number of nitrogens with one attached hydrogen (secondary N) is 3. The molecule has 0 radical (unpaired) electrons. The van der Waals surface area contributed by atoms with Gasteiger partial charge in [-0.05, 0) is 30.9 Å². The van der Waals surface area contributed by atoms with Gasteiger partial charge in [-0.3, -0.25) is 0 Å². The Hall–Kier alpha value is -1.20. The lowest BCUT2D eigenvalue weighted by Crippen LogP contribution is -2.21. The van der Waals surface area contributed by atoms with Gasteiger partial charge in [0, 0.05) is 18.3 Å². The molecule has 2 aromatic rings. The molecule has 0 aliphatic carbocycles. The summed E-state index contributed by atoms with van der Waals surface area (Å²) in [4.78, 5) is 16.7. The maximum absolute atomic E-state index is 11.2. The Morgan fingerprint density at radius 3 is 2.88 bits per heavy atom. The summed E-state index contributed by atoms with van der Waals surface area (Å²) in [7, 11) is 0. The fourth-order valence-electron chi connectivity index (χ4n) is 1.81. The first-order valence-electron chi connectivity index (χ1n) is 5.65. The van der Waals surface area contributed by atoms with Crippen molar-refractivity contribution < 1.29 is 0 Å². The molecular weight excluding hydrogens is 234 g/mol. The third-order valence-corrected chi connectivity index (χ3v) is 3.41. The normalized spacial score (nSPS) is 13.1. The molecule has 5 heteroatoms. The van der Waals surface area contributed by atoms with Gasteiger partial charge in [-0.1, -0.05) is 6.07 Å². The van der Waals surface area contributed by atoms with E-state index in [1.54, 1.807) is 0 Å². The number of aromatic amines is 2. The van der Waals surface area contributed by atoms with Crippen molar-refractivity contribution >= 4 is 22.8 Å². The fraction of sp³-hybridized carbons (Fsp3) is 0.417. The van der Waals surface area contributed by atoms with Crippen molar-refractivity contribution in [1.29, 1.82) is 0 Å². The molecule has 2 rings (SSSR count). The van der Waals surface area contributed by atoms with Crippen molar-refractivity contribution in [2.45, 2.75) is 13.0 Å². The first-order chi connectivity index (χ1) is 8.20. The monoisotopic (exact) mass is 251 g/mol. The van der Waals surface area contributed by atoms with Gasteiger partial charge < -0.3 is 15.3 Å². The van der Waals surface area contributed by atoms with Crippen LogP contribution in [0.25, 0.3) is 11.0 Å². The maximum Gasteiger partial charge on any atom is 0.323 e. The highest BCUT2D eigenvalue weighted by molar-refractivity contribution is 7.98. The summed E-state index contributed by atoms with van der Waals surface area (Å²) >= 11 is 1.83. The van der Waals surface area contributed by atoms with Crippen LogP contribution in [0.4, 0.5) is 0 Å². The van der Waals surface area contributed by atoms with Crippen molar-refractivity contribution in [3.05, 3.63) is 34.2 Å². The topological polar surface area (TPSA) is 60.7 Å². The van der Waals surface area contributed by atoms with E-state index in [9.17, 15) is 4.79 Å². The molecule has 0 amide bonds. The molecule has 1 unspecified atom stereocenters. The molecule has 0 saturated heterocycles. The fourth-order valence-corrected chi connectivity index (χ4v) is 2.14. The third kappa shape index (κ3) is 2.92. The van der Waals surface area contributed by atoms with E-state index in [1.165, 1.54) is 5.56 Å². The van der Waals surface area contributed by atoms with Gasteiger partial charge in [0.25, 0.3) is 0 Å². The first-order valence-corrected chi connectivity index (χ1v) is 7.04. The van der Waals surface area contributed by atoms with E-state index in [1.807, 2.05) is 30.0 Å². The number of aromatic nitrogens is 2. The van der Waals surface area contributed by atoms with Gasteiger partial charge in [0.2, 0.25) is 0 Å². The second kappa shape index (κ2) is 5.42. The van der Waals surface area contributed by atoms with E-state index in [0.29, 0.717) is 6.04 Å². The van der Waals surface area contributed by atoms with E-state index in [0.717, 1.165) is 23.3 Å². The molecule has 0 fully saturated rings. The van der Waals surface area contributed by atoms with Crippen LogP contribution in [0.2, 0.25) is 0 Å².